The molecule has 2 aliphatic carbocycles. The van der Waals surface area contributed by atoms with Gasteiger partial charge in [0, 0.05) is 43.7 Å². The molecule has 0 saturated heterocycles. The minimum absolute atomic E-state index is 0.0771. The van der Waals surface area contributed by atoms with E-state index in [4.69, 9.17) is 24.2 Å². The molecule has 2 N–H and O–H groups in total. The summed E-state index contributed by atoms with van der Waals surface area (Å²) in [5.41, 5.74) is 5.30. The molecule has 308 valence electrons. The summed E-state index contributed by atoms with van der Waals surface area (Å²) >= 11 is 0. The predicted molar refractivity (Wildman–Crippen MR) is 225 cm³/mol. The number of hydrogen-bond acceptors (Lipinski definition) is 9. The number of carbonyl (C=O) groups excluding carboxylic acids is 1. The van der Waals surface area contributed by atoms with Crippen LogP contribution >= 0.6 is 0 Å². The van der Waals surface area contributed by atoms with Gasteiger partial charge in [-0.3, -0.25) is 4.79 Å². The molecule has 1 amide bonds. The number of ether oxygens (including phenoxy) is 3. The van der Waals surface area contributed by atoms with E-state index in [2.05, 4.69) is 44.7 Å². The summed E-state index contributed by atoms with van der Waals surface area (Å²) in [5.74, 6) is -0.0108. The molecule has 6 rings (SSSR count). The van der Waals surface area contributed by atoms with Crippen molar-refractivity contribution in [3.8, 4) is 23.3 Å². The summed E-state index contributed by atoms with van der Waals surface area (Å²) in [6.07, 6.45) is 9.00. The summed E-state index contributed by atoms with van der Waals surface area (Å²) < 4.78 is 20.8. The summed E-state index contributed by atoms with van der Waals surface area (Å²) in [4.78, 5) is 22.4. The molecule has 3 aromatic carbocycles. The molecule has 10 nitrogen and oxygen atoms in total. The zero-order valence-corrected chi connectivity index (χ0v) is 34.9. The monoisotopic (exact) mass is 789 g/mol. The number of carbonyl (C=O) groups is 1. The standard InChI is InChI=1S/C48H59N3O7/c1-8-25-55-48-43(51(7)46(54)34-18-16-33(30-49)17-19-34)29-41(50-58-47(4,5)6)39-27-35(13-9-11-23-52)38(14-10-12-24-53)44(45(39)48)40-28-37(21-22-42(40)57-48)56-36-20-15-31(2)32(3)26-36/h8,15-22,26-28,35,38,43-45,52-53H,1,9-14,23-25,29H2,2-7H3/t35-,38+,43-,44+,45+,48+/m0/s1. The summed E-state index contributed by atoms with van der Waals surface area (Å²) in [7, 11) is 1.77. The normalized spacial score (nSPS) is 24.1. The molecular weight excluding hydrogens is 731 g/mol. The topological polar surface area (TPSA) is 134 Å². The van der Waals surface area contributed by atoms with E-state index >= 15 is 0 Å². The van der Waals surface area contributed by atoms with Crippen LogP contribution in [0.25, 0.3) is 0 Å². The van der Waals surface area contributed by atoms with Gasteiger partial charge in [-0.2, -0.15) is 5.26 Å². The molecule has 1 heterocycles. The van der Waals surface area contributed by atoms with Crippen molar-refractivity contribution in [1.82, 2.24) is 4.90 Å². The van der Waals surface area contributed by atoms with Gasteiger partial charge in [-0.25, -0.2) is 0 Å². The number of amides is 1. The SMILES string of the molecule is C=CCO[C@@]12Oc3ccc(Oc4ccc(C)c(C)c4)cc3[C@H]3[C@H](CCCCO)[C@@H](CCCCO)C=C(C(=NOC(C)(C)C)C[C@@H]1N(C)C(=O)c1ccc(C#N)cc1)[C@H]32. The highest BCUT2D eigenvalue weighted by Gasteiger charge is 2.65. The van der Waals surface area contributed by atoms with Gasteiger partial charge in [-0.05, 0) is 143 Å². The Morgan fingerprint density at radius 2 is 1.69 bits per heavy atom. The smallest absolute Gasteiger partial charge is 0.254 e. The number of fused-ring (bicyclic) bond motifs is 2. The van der Waals surface area contributed by atoms with E-state index in [-0.39, 0.29) is 49.9 Å². The number of aliphatic hydroxyl groups is 2. The highest BCUT2D eigenvalue weighted by atomic mass is 16.7. The first-order valence-corrected chi connectivity index (χ1v) is 20.6. The number of aliphatic hydroxyl groups excluding tert-OH is 2. The molecule has 1 saturated carbocycles. The number of nitriles is 1. The van der Waals surface area contributed by atoms with Crippen LogP contribution in [0.1, 0.15) is 104 Å². The molecule has 1 aliphatic heterocycles. The fourth-order valence-electron chi connectivity index (χ4n) is 8.93. The van der Waals surface area contributed by atoms with Crippen molar-refractivity contribution in [2.75, 3.05) is 26.9 Å². The Morgan fingerprint density at radius 3 is 2.34 bits per heavy atom. The van der Waals surface area contributed by atoms with Crippen molar-refractivity contribution in [3.05, 3.63) is 113 Å². The first-order chi connectivity index (χ1) is 27.8. The quantitative estimate of drug-likeness (QED) is 0.0834. The van der Waals surface area contributed by atoms with Crippen LogP contribution in [-0.4, -0.2) is 71.0 Å². The van der Waals surface area contributed by atoms with Gasteiger partial charge in [0.15, 0.2) is 0 Å². The zero-order chi connectivity index (χ0) is 41.6. The fourth-order valence-corrected chi connectivity index (χ4v) is 8.93. The molecule has 0 unspecified atom stereocenters. The number of hydrogen-bond donors (Lipinski definition) is 2. The van der Waals surface area contributed by atoms with Crippen LogP contribution in [0.3, 0.4) is 0 Å². The van der Waals surface area contributed by atoms with Crippen LogP contribution in [0.2, 0.25) is 0 Å². The Balaban J connectivity index is 1.58. The van der Waals surface area contributed by atoms with E-state index in [0.29, 0.717) is 35.5 Å². The molecule has 58 heavy (non-hydrogen) atoms. The number of aryl methyl sites for hydroxylation is 2. The zero-order valence-electron chi connectivity index (χ0n) is 34.9. The Kier molecular flexibility index (Phi) is 13.5. The Bertz CT molecular complexity index is 2040. The van der Waals surface area contributed by atoms with E-state index in [1.807, 2.05) is 45.0 Å². The number of unbranched alkanes of at least 4 members (excludes halogenated alkanes) is 2. The van der Waals surface area contributed by atoms with Gasteiger partial charge < -0.3 is 34.2 Å². The third-order valence-electron chi connectivity index (χ3n) is 11.8. The van der Waals surface area contributed by atoms with Gasteiger partial charge in [0.05, 0.1) is 29.9 Å². The molecule has 10 heteroatoms. The lowest BCUT2D eigenvalue weighted by Crippen LogP contribution is -2.69. The summed E-state index contributed by atoms with van der Waals surface area (Å²) in [5, 5.41) is 34.1. The van der Waals surface area contributed by atoms with Crippen molar-refractivity contribution >= 4 is 11.6 Å². The average Bonchev–Trinajstić information content (AvgIpc) is 3.21. The number of oxime groups is 1. The van der Waals surface area contributed by atoms with Crippen LogP contribution in [0.5, 0.6) is 17.2 Å². The van der Waals surface area contributed by atoms with E-state index in [1.54, 1.807) is 42.3 Å². The van der Waals surface area contributed by atoms with Gasteiger partial charge >= 0.3 is 0 Å². The Hall–Kier alpha value is -4.95. The number of allylic oxidation sites excluding steroid dienone is 1. The highest BCUT2D eigenvalue weighted by Crippen LogP contribution is 2.62. The molecule has 3 aromatic rings. The second kappa shape index (κ2) is 18.3. The number of benzene rings is 3. The van der Waals surface area contributed by atoms with E-state index in [1.165, 1.54) is 5.56 Å². The van der Waals surface area contributed by atoms with Crippen molar-refractivity contribution in [2.24, 2.45) is 22.9 Å². The second-order valence-corrected chi connectivity index (χ2v) is 16.9. The lowest BCUT2D eigenvalue weighted by molar-refractivity contribution is -0.252. The third kappa shape index (κ3) is 9.02. The van der Waals surface area contributed by atoms with Gasteiger partial charge in [-0.15, -0.1) is 6.58 Å². The van der Waals surface area contributed by atoms with Crippen LogP contribution in [0, 0.1) is 42.9 Å². The van der Waals surface area contributed by atoms with Crippen LogP contribution in [0.15, 0.2) is 90.1 Å². The lowest BCUT2D eigenvalue weighted by atomic mass is 9.55. The van der Waals surface area contributed by atoms with Crippen LogP contribution in [0.4, 0.5) is 0 Å². The first kappa shape index (κ1) is 42.7. The number of rotatable bonds is 16. The van der Waals surface area contributed by atoms with Crippen LogP contribution < -0.4 is 9.47 Å². The molecular formula is C48H59N3O7. The van der Waals surface area contributed by atoms with Crippen molar-refractivity contribution in [3.63, 3.8) is 0 Å². The molecule has 1 fully saturated rings. The maximum absolute atomic E-state index is 14.5. The third-order valence-corrected chi connectivity index (χ3v) is 11.8. The lowest BCUT2D eigenvalue weighted by Gasteiger charge is -2.59. The number of nitrogens with zero attached hydrogens (tertiary/aromatic N) is 3. The minimum atomic E-state index is -1.38. The van der Waals surface area contributed by atoms with E-state index in [9.17, 15) is 20.3 Å². The Labute approximate surface area is 343 Å². The van der Waals surface area contributed by atoms with Gasteiger partial charge in [0.1, 0.15) is 28.9 Å². The van der Waals surface area contributed by atoms with E-state index in [0.717, 1.165) is 53.8 Å². The first-order valence-electron chi connectivity index (χ1n) is 20.6. The van der Waals surface area contributed by atoms with Crippen LogP contribution in [-0.2, 0) is 9.57 Å². The molecule has 6 atom stereocenters. The maximum atomic E-state index is 14.5. The van der Waals surface area contributed by atoms with Gasteiger partial charge in [0.25, 0.3) is 5.91 Å². The molecule has 3 aliphatic rings. The number of likely N-dealkylation sites (N-methyl/N-ethyl adjacent to an activating group) is 1. The average molecular weight is 790 g/mol. The van der Waals surface area contributed by atoms with E-state index < -0.39 is 23.3 Å². The fraction of sp³-hybridized carbons (Fsp3) is 0.479. The maximum Gasteiger partial charge on any atom is 0.254 e. The Morgan fingerprint density at radius 1 is 1.00 bits per heavy atom. The summed E-state index contributed by atoms with van der Waals surface area (Å²) in [6.45, 7) is 14.4. The minimum Gasteiger partial charge on any atom is -0.459 e. The molecule has 0 aromatic heterocycles. The molecule has 0 bridgehead atoms. The highest BCUT2D eigenvalue weighted by molar-refractivity contribution is 6.03. The van der Waals surface area contributed by atoms with Gasteiger partial charge in [-0.1, -0.05) is 36.2 Å². The van der Waals surface area contributed by atoms with Crippen molar-refractivity contribution in [1.29, 1.82) is 5.26 Å². The van der Waals surface area contributed by atoms with Crippen molar-refractivity contribution in [2.45, 2.75) is 103 Å². The molecule has 0 radical (unpaired) electrons. The molecule has 0 spiro atoms. The summed E-state index contributed by atoms with van der Waals surface area (Å²) in [6, 6.07) is 20.1. The second-order valence-electron chi connectivity index (χ2n) is 16.9. The van der Waals surface area contributed by atoms with Gasteiger partial charge in [0.2, 0.25) is 5.79 Å². The predicted octanol–water partition coefficient (Wildman–Crippen LogP) is 9.17. The largest absolute Gasteiger partial charge is 0.459 e. The van der Waals surface area contributed by atoms with Crippen molar-refractivity contribution < 1.29 is 34.1 Å².